The number of carbonyl (C=O) groups is 1. The molecule has 3 aromatic rings. The van der Waals surface area contributed by atoms with Crippen molar-refractivity contribution < 1.29 is 9.53 Å². The number of hydrogen-bond acceptors (Lipinski definition) is 4. The lowest BCUT2D eigenvalue weighted by molar-refractivity contribution is 0.0939. The molecule has 0 radical (unpaired) electrons. The second kappa shape index (κ2) is 8.47. The Labute approximate surface area is 165 Å². The van der Waals surface area contributed by atoms with Gasteiger partial charge in [0.1, 0.15) is 12.4 Å². The number of ether oxygens (including phenoxy) is 1. The van der Waals surface area contributed by atoms with Gasteiger partial charge in [0, 0.05) is 15.4 Å². The van der Waals surface area contributed by atoms with Crippen LogP contribution in [0.2, 0.25) is 0 Å². The van der Waals surface area contributed by atoms with Gasteiger partial charge in [-0.2, -0.15) is 0 Å². The minimum absolute atomic E-state index is 0.0955. The van der Waals surface area contributed by atoms with E-state index in [-0.39, 0.29) is 11.9 Å². The van der Waals surface area contributed by atoms with Crippen LogP contribution in [0.15, 0.2) is 58.4 Å². The quantitative estimate of drug-likeness (QED) is 0.578. The highest BCUT2D eigenvalue weighted by atomic mass is 79.9. The molecule has 26 heavy (non-hydrogen) atoms. The van der Waals surface area contributed by atoms with Crippen molar-refractivity contribution in [2.24, 2.45) is 0 Å². The zero-order valence-corrected chi connectivity index (χ0v) is 16.9. The van der Waals surface area contributed by atoms with Crippen molar-refractivity contribution in [2.45, 2.75) is 26.5 Å². The van der Waals surface area contributed by atoms with Crippen molar-refractivity contribution in [1.82, 2.24) is 10.3 Å². The summed E-state index contributed by atoms with van der Waals surface area (Å²) in [5, 5.41) is 6.02. The lowest BCUT2D eigenvalue weighted by atomic mass is 10.1. The summed E-state index contributed by atoms with van der Waals surface area (Å²) >= 11 is 5.12. The van der Waals surface area contributed by atoms with E-state index in [9.17, 15) is 4.79 Å². The first kappa shape index (κ1) is 18.6. The van der Waals surface area contributed by atoms with Crippen LogP contribution in [0.1, 0.15) is 39.6 Å². The molecule has 0 spiro atoms. The Morgan fingerprint density at radius 2 is 1.96 bits per heavy atom. The van der Waals surface area contributed by atoms with Crippen molar-refractivity contribution in [3.63, 3.8) is 0 Å². The van der Waals surface area contributed by atoms with E-state index in [0.29, 0.717) is 17.9 Å². The third-order valence-electron chi connectivity index (χ3n) is 3.89. The van der Waals surface area contributed by atoms with Gasteiger partial charge in [-0.05, 0) is 49.7 Å². The Bertz CT molecular complexity index is 893. The summed E-state index contributed by atoms with van der Waals surface area (Å²) in [6.07, 6.45) is 0. The number of benzene rings is 2. The summed E-state index contributed by atoms with van der Waals surface area (Å²) in [5.74, 6) is 0.598. The Morgan fingerprint density at radius 3 is 2.62 bits per heavy atom. The number of nitrogens with zero attached hydrogens (tertiary/aromatic N) is 1. The van der Waals surface area contributed by atoms with Crippen LogP contribution in [0.25, 0.3) is 0 Å². The predicted octanol–water partition coefficient (Wildman–Crippen LogP) is 5.28. The number of hydrogen-bond donors (Lipinski definition) is 1. The number of halogens is 1. The molecule has 2 aromatic carbocycles. The lowest BCUT2D eigenvalue weighted by Crippen LogP contribution is -2.26. The molecule has 1 unspecified atom stereocenters. The molecule has 134 valence electrons. The second-order valence-electron chi connectivity index (χ2n) is 5.89. The van der Waals surface area contributed by atoms with Crippen LogP contribution in [0.4, 0.5) is 0 Å². The van der Waals surface area contributed by atoms with E-state index in [2.05, 4.69) is 26.2 Å². The van der Waals surface area contributed by atoms with Gasteiger partial charge in [0.25, 0.3) is 5.91 Å². The molecule has 6 heteroatoms. The highest BCUT2D eigenvalue weighted by Gasteiger charge is 2.13. The molecular formula is C20H19BrN2O2S. The van der Waals surface area contributed by atoms with Gasteiger partial charge in [-0.25, -0.2) is 4.98 Å². The summed E-state index contributed by atoms with van der Waals surface area (Å²) in [6, 6.07) is 14.9. The number of rotatable bonds is 6. The molecule has 0 bridgehead atoms. The fourth-order valence-corrected chi connectivity index (χ4v) is 3.74. The van der Waals surface area contributed by atoms with Crippen LogP contribution in [-0.4, -0.2) is 10.9 Å². The maximum absolute atomic E-state index is 12.5. The Hall–Kier alpha value is -2.18. The van der Waals surface area contributed by atoms with E-state index >= 15 is 0 Å². The first-order valence-electron chi connectivity index (χ1n) is 8.22. The molecule has 1 atom stereocenters. The highest BCUT2D eigenvalue weighted by Crippen LogP contribution is 2.23. The average Bonchev–Trinajstić information content (AvgIpc) is 3.06. The third-order valence-corrected chi connectivity index (χ3v) is 5.43. The van der Waals surface area contributed by atoms with Gasteiger partial charge in [0.2, 0.25) is 0 Å². The van der Waals surface area contributed by atoms with Crippen molar-refractivity contribution in [1.29, 1.82) is 0 Å². The van der Waals surface area contributed by atoms with Crippen molar-refractivity contribution in [3.8, 4) is 5.75 Å². The molecule has 3 rings (SSSR count). The second-order valence-corrected chi connectivity index (χ2v) is 7.80. The van der Waals surface area contributed by atoms with Crippen LogP contribution in [0, 0.1) is 6.92 Å². The standard InChI is InChI=1S/C20H19BrN2O2S/c1-13(18-5-3-4-6-19(18)21)22-20(24)15-7-9-17(10-8-15)25-11-16-12-26-14(2)23-16/h3-10,12-13H,11H2,1-2H3,(H,22,24). The first-order chi connectivity index (χ1) is 12.5. The third kappa shape index (κ3) is 4.71. The minimum atomic E-state index is -0.116. The Balaban J connectivity index is 1.59. The average molecular weight is 431 g/mol. The zero-order valence-electron chi connectivity index (χ0n) is 14.5. The molecular weight excluding hydrogens is 412 g/mol. The molecule has 1 N–H and O–H groups in total. The zero-order chi connectivity index (χ0) is 18.5. The van der Waals surface area contributed by atoms with Crippen LogP contribution in [0.3, 0.4) is 0 Å². The molecule has 0 saturated heterocycles. The highest BCUT2D eigenvalue weighted by molar-refractivity contribution is 9.10. The monoisotopic (exact) mass is 430 g/mol. The number of thiazole rings is 1. The molecule has 1 aromatic heterocycles. The van der Waals surface area contributed by atoms with Gasteiger partial charge in [0.05, 0.1) is 16.7 Å². The van der Waals surface area contributed by atoms with Crippen LogP contribution in [0.5, 0.6) is 5.75 Å². The summed E-state index contributed by atoms with van der Waals surface area (Å²) in [6.45, 7) is 4.36. The van der Waals surface area contributed by atoms with Crippen molar-refractivity contribution >= 4 is 33.2 Å². The summed E-state index contributed by atoms with van der Waals surface area (Å²) in [4.78, 5) is 16.8. The van der Waals surface area contributed by atoms with E-state index < -0.39 is 0 Å². The Kier molecular flexibility index (Phi) is 6.06. The van der Waals surface area contributed by atoms with Crippen LogP contribution >= 0.6 is 27.3 Å². The van der Waals surface area contributed by atoms with Crippen LogP contribution < -0.4 is 10.1 Å². The normalized spacial score (nSPS) is 11.8. The number of carbonyl (C=O) groups excluding carboxylic acids is 1. The van der Waals surface area contributed by atoms with Gasteiger partial charge >= 0.3 is 0 Å². The van der Waals surface area contributed by atoms with Gasteiger partial charge < -0.3 is 10.1 Å². The predicted molar refractivity (Wildman–Crippen MR) is 108 cm³/mol. The smallest absolute Gasteiger partial charge is 0.251 e. The molecule has 4 nitrogen and oxygen atoms in total. The van der Waals surface area contributed by atoms with E-state index in [4.69, 9.17) is 4.74 Å². The number of nitrogens with one attached hydrogen (secondary N) is 1. The number of aryl methyl sites for hydroxylation is 1. The van der Waals surface area contributed by atoms with Gasteiger partial charge in [-0.3, -0.25) is 4.79 Å². The fourth-order valence-electron chi connectivity index (χ4n) is 2.52. The maximum atomic E-state index is 12.5. The summed E-state index contributed by atoms with van der Waals surface area (Å²) < 4.78 is 6.69. The van der Waals surface area contributed by atoms with E-state index in [0.717, 1.165) is 20.7 Å². The maximum Gasteiger partial charge on any atom is 0.251 e. The molecule has 0 aliphatic carbocycles. The van der Waals surface area contributed by atoms with Crippen molar-refractivity contribution in [2.75, 3.05) is 0 Å². The van der Waals surface area contributed by atoms with Crippen molar-refractivity contribution in [3.05, 3.63) is 80.2 Å². The molecule has 0 fully saturated rings. The molecule has 0 aliphatic heterocycles. The van der Waals surface area contributed by atoms with Gasteiger partial charge in [-0.1, -0.05) is 34.1 Å². The largest absolute Gasteiger partial charge is 0.487 e. The Morgan fingerprint density at radius 1 is 1.23 bits per heavy atom. The molecule has 0 saturated carbocycles. The van der Waals surface area contributed by atoms with E-state index in [1.165, 1.54) is 0 Å². The molecule has 0 aliphatic rings. The van der Waals surface area contributed by atoms with E-state index in [1.54, 1.807) is 35.6 Å². The first-order valence-corrected chi connectivity index (χ1v) is 9.89. The topological polar surface area (TPSA) is 51.2 Å². The van der Waals surface area contributed by atoms with E-state index in [1.807, 2.05) is 43.5 Å². The lowest BCUT2D eigenvalue weighted by Gasteiger charge is -2.16. The van der Waals surface area contributed by atoms with Crippen LogP contribution in [-0.2, 0) is 6.61 Å². The fraction of sp³-hybridized carbons (Fsp3) is 0.200. The number of amides is 1. The minimum Gasteiger partial charge on any atom is -0.487 e. The summed E-state index contributed by atoms with van der Waals surface area (Å²) in [7, 11) is 0. The molecule has 1 heterocycles. The summed E-state index contributed by atoms with van der Waals surface area (Å²) in [5.41, 5.74) is 2.55. The van der Waals surface area contributed by atoms with Gasteiger partial charge in [-0.15, -0.1) is 11.3 Å². The molecule has 1 amide bonds. The SMILES string of the molecule is Cc1nc(COc2ccc(C(=O)NC(C)c3ccccc3Br)cc2)cs1. The number of aromatic nitrogens is 1. The van der Waals surface area contributed by atoms with Gasteiger partial charge in [0.15, 0.2) is 0 Å².